The van der Waals surface area contributed by atoms with Crippen LogP contribution in [0.2, 0.25) is 0 Å². The number of nitrogens with one attached hydrogen (secondary N) is 1. The quantitative estimate of drug-likeness (QED) is 0.636. The number of carbonyl (C=O) groups excluding carboxylic acids is 3. The van der Waals surface area contributed by atoms with Crippen LogP contribution < -0.4 is 5.32 Å². The first-order valence-electron chi connectivity index (χ1n) is 8.50. The van der Waals surface area contributed by atoms with Gasteiger partial charge in [-0.25, -0.2) is 4.79 Å². The van der Waals surface area contributed by atoms with Crippen molar-refractivity contribution in [2.75, 3.05) is 38.6 Å². The van der Waals surface area contributed by atoms with E-state index in [4.69, 9.17) is 4.74 Å². The minimum atomic E-state index is -0.421. The van der Waals surface area contributed by atoms with Gasteiger partial charge in [-0.2, -0.15) is 0 Å². The van der Waals surface area contributed by atoms with Gasteiger partial charge in [0, 0.05) is 38.1 Å². The van der Waals surface area contributed by atoms with Gasteiger partial charge in [0.2, 0.25) is 6.41 Å². The third kappa shape index (κ3) is 4.41. The lowest BCUT2D eigenvalue weighted by Crippen LogP contribution is -2.48. The van der Waals surface area contributed by atoms with Gasteiger partial charge in [-0.3, -0.25) is 14.6 Å². The van der Waals surface area contributed by atoms with Crippen LogP contribution in [0, 0.1) is 0 Å². The molecule has 1 aliphatic rings. The average Bonchev–Trinajstić information content (AvgIpc) is 2.73. The second-order valence-corrected chi connectivity index (χ2v) is 6.09. The second-order valence-electron chi connectivity index (χ2n) is 6.09. The molecule has 0 unspecified atom stereocenters. The van der Waals surface area contributed by atoms with E-state index >= 15 is 0 Å². The van der Waals surface area contributed by atoms with Crippen molar-refractivity contribution in [2.24, 2.45) is 0 Å². The minimum absolute atomic E-state index is 0.125. The third-order valence-electron chi connectivity index (χ3n) is 4.31. The van der Waals surface area contributed by atoms with Gasteiger partial charge in [-0.1, -0.05) is 6.07 Å². The van der Waals surface area contributed by atoms with Crippen molar-refractivity contribution >= 4 is 29.7 Å². The van der Waals surface area contributed by atoms with Gasteiger partial charge in [0.05, 0.1) is 30.1 Å². The smallest absolute Gasteiger partial charge is 0.337 e. The third-order valence-corrected chi connectivity index (χ3v) is 4.31. The number of aromatic nitrogens is 1. The lowest BCUT2D eigenvalue weighted by molar-refractivity contribution is -0.119. The summed E-state index contributed by atoms with van der Waals surface area (Å²) in [6, 6.07) is 8.59. The first-order valence-corrected chi connectivity index (χ1v) is 8.50. The highest BCUT2D eigenvalue weighted by Gasteiger charge is 2.21. The van der Waals surface area contributed by atoms with E-state index in [1.165, 1.54) is 13.3 Å². The number of amides is 2. The van der Waals surface area contributed by atoms with Crippen molar-refractivity contribution in [3.63, 3.8) is 0 Å². The van der Waals surface area contributed by atoms with Gasteiger partial charge in [0.15, 0.2) is 0 Å². The normalized spacial score (nSPS) is 13.8. The van der Waals surface area contributed by atoms with Crippen LogP contribution in [0.15, 0.2) is 42.7 Å². The molecule has 2 heterocycles. The number of hydrogen-bond acceptors (Lipinski definition) is 6. The number of rotatable bonds is 5. The van der Waals surface area contributed by atoms with Gasteiger partial charge >= 0.3 is 5.97 Å². The van der Waals surface area contributed by atoms with Crippen molar-refractivity contribution in [2.45, 2.75) is 0 Å². The van der Waals surface area contributed by atoms with E-state index in [0.717, 1.165) is 6.41 Å². The molecular formula is C19H20N4O4. The summed E-state index contributed by atoms with van der Waals surface area (Å²) >= 11 is 0. The molecule has 0 radical (unpaired) electrons. The van der Waals surface area contributed by atoms with Crippen LogP contribution in [0.25, 0.3) is 0 Å². The zero-order valence-electron chi connectivity index (χ0n) is 14.9. The summed E-state index contributed by atoms with van der Waals surface area (Å²) < 4.78 is 4.72. The second kappa shape index (κ2) is 8.31. The molecule has 1 aliphatic heterocycles. The Labute approximate surface area is 156 Å². The minimum Gasteiger partial charge on any atom is -0.465 e. The number of benzene rings is 1. The van der Waals surface area contributed by atoms with Crippen molar-refractivity contribution in [3.8, 4) is 0 Å². The molecule has 27 heavy (non-hydrogen) atoms. The van der Waals surface area contributed by atoms with E-state index in [1.54, 1.807) is 46.3 Å². The number of esters is 1. The van der Waals surface area contributed by atoms with Crippen molar-refractivity contribution in [1.29, 1.82) is 0 Å². The van der Waals surface area contributed by atoms with Crippen LogP contribution in [-0.4, -0.2) is 66.4 Å². The zero-order chi connectivity index (χ0) is 19.2. The molecule has 1 aromatic heterocycles. The number of anilines is 2. The number of carbonyl (C=O) groups is 3. The van der Waals surface area contributed by atoms with Gasteiger partial charge in [0.25, 0.3) is 5.91 Å². The first kappa shape index (κ1) is 18.4. The van der Waals surface area contributed by atoms with Crippen LogP contribution in [0.3, 0.4) is 0 Å². The summed E-state index contributed by atoms with van der Waals surface area (Å²) in [5.41, 5.74) is 2.21. The van der Waals surface area contributed by atoms with Crippen molar-refractivity contribution in [3.05, 3.63) is 53.9 Å². The molecule has 8 heteroatoms. The average molecular weight is 368 g/mol. The maximum absolute atomic E-state index is 12.7. The zero-order valence-corrected chi connectivity index (χ0v) is 14.9. The largest absolute Gasteiger partial charge is 0.465 e. The van der Waals surface area contributed by atoms with Crippen LogP contribution in [0.1, 0.15) is 20.7 Å². The number of ether oxygens (including phenoxy) is 1. The Morgan fingerprint density at radius 3 is 2.52 bits per heavy atom. The van der Waals surface area contributed by atoms with Crippen molar-refractivity contribution < 1.29 is 19.1 Å². The van der Waals surface area contributed by atoms with E-state index in [0.29, 0.717) is 48.7 Å². The lowest BCUT2D eigenvalue weighted by atomic mass is 10.2. The Kier molecular flexibility index (Phi) is 5.65. The Bertz CT molecular complexity index is 847. The van der Waals surface area contributed by atoms with Gasteiger partial charge in [0.1, 0.15) is 0 Å². The number of methoxy groups -OCH3 is 1. The number of pyridine rings is 1. The molecule has 2 aromatic rings. The maximum atomic E-state index is 12.7. The SMILES string of the molecule is COC(=O)c1cccc(Nc2cncc(C(=O)N3CCN(C=O)CC3)c2)c1. The number of hydrogen-bond donors (Lipinski definition) is 1. The van der Waals surface area contributed by atoms with Gasteiger partial charge in [-0.15, -0.1) is 0 Å². The highest BCUT2D eigenvalue weighted by molar-refractivity contribution is 5.95. The Hall–Kier alpha value is -3.42. The fraction of sp³-hybridized carbons (Fsp3) is 0.263. The molecule has 0 aliphatic carbocycles. The molecule has 0 spiro atoms. The van der Waals surface area contributed by atoms with Crippen LogP contribution in [0.5, 0.6) is 0 Å². The summed E-state index contributed by atoms with van der Waals surface area (Å²) in [6.07, 6.45) is 3.92. The molecule has 1 saturated heterocycles. The standard InChI is InChI=1S/C19H20N4O4/c1-27-19(26)14-3-2-4-16(9-14)21-17-10-15(11-20-12-17)18(25)23-7-5-22(13-24)6-8-23/h2-4,9-13,21H,5-8H2,1H3. The molecule has 1 aromatic carbocycles. The van der Waals surface area contributed by atoms with Crippen LogP contribution >= 0.6 is 0 Å². The Morgan fingerprint density at radius 1 is 1.07 bits per heavy atom. The molecule has 0 atom stereocenters. The summed E-state index contributed by atoms with van der Waals surface area (Å²) in [7, 11) is 1.33. The molecule has 1 fully saturated rings. The number of piperazine rings is 1. The Morgan fingerprint density at radius 2 is 1.81 bits per heavy atom. The fourth-order valence-corrected chi connectivity index (χ4v) is 2.85. The predicted molar refractivity (Wildman–Crippen MR) is 98.8 cm³/mol. The van der Waals surface area contributed by atoms with Crippen molar-refractivity contribution in [1.82, 2.24) is 14.8 Å². The van der Waals surface area contributed by atoms with Gasteiger partial charge in [-0.05, 0) is 24.3 Å². The van der Waals surface area contributed by atoms with E-state index < -0.39 is 5.97 Å². The molecule has 0 saturated carbocycles. The van der Waals surface area contributed by atoms with E-state index in [9.17, 15) is 14.4 Å². The molecule has 0 bridgehead atoms. The monoisotopic (exact) mass is 368 g/mol. The molecule has 140 valence electrons. The number of nitrogens with zero attached hydrogens (tertiary/aromatic N) is 3. The van der Waals surface area contributed by atoms with Crippen LogP contribution in [0.4, 0.5) is 11.4 Å². The van der Waals surface area contributed by atoms with E-state index in [1.807, 2.05) is 0 Å². The van der Waals surface area contributed by atoms with E-state index in [-0.39, 0.29) is 5.91 Å². The predicted octanol–water partition coefficient (Wildman–Crippen LogP) is 1.53. The maximum Gasteiger partial charge on any atom is 0.337 e. The highest BCUT2D eigenvalue weighted by atomic mass is 16.5. The molecule has 1 N–H and O–H groups in total. The summed E-state index contributed by atoms with van der Waals surface area (Å²) in [6.45, 7) is 2.05. The molecule has 3 rings (SSSR count). The Balaban J connectivity index is 1.71. The highest BCUT2D eigenvalue weighted by Crippen LogP contribution is 2.19. The molecule has 2 amide bonds. The van der Waals surface area contributed by atoms with E-state index in [2.05, 4.69) is 10.3 Å². The van der Waals surface area contributed by atoms with Gasteiger partial charge < -0.3 is 19.9 Å². The summed E-state index contributed by atoms with van der Waals surface area (Å²) in [5, 5.41) is 3.14. The molecular weight excluding hydrogens is 348 g/mol. The summed E-state index contributed by atoms with van der Waals surface area (Å²) in [5.74, 6) is -0.546. The fourth-order valence-electron chi connectivity index (χ4n) is 2.85. The summed E-state index contributed by atoms with van der Waals surface area (Å²) in [4.78, 5) is 42.6. The van der Waals surface area contributed by atoms with Crippen LogP contribution in [-0.2, 0) is 9.53 Å². The topological polar surface area (TPSA) is 91.8 Å². The lowest BCUT2D eigenvalue weighted by Gasteiger charge is -2.32. The molecule has 8 nitrogen and oxygen atoms in total. The first-order chi connectivity index (χ1) is 13.1.